The number of H-pyrrole nitrogens is 2. The second-order valence-electron chi connectivity index (χ2n) is 10.7. The van der Waals surface area contributed by atoms with E-state index in [4.69, 9.17) is 33.7 Å². The van der Waals surface area contributed by atoms with E-state index < -0.39 is 5.97 Å². The molecule has 10 nitrogen and oxygen atoms in total. The molecule has 0 unspecified atom stereocenters. The van der Waals surface area contributed by atoms with Crippen LogP contribution < -0.4 is 4.74 Å². The van der Waals surface area contributed by atoms with Gasteiger partial charge in [0.05, 0.1) is 65.8 Å². The van der Waals surface area contributed by atoms with Gasteiger partial charge >= 0.3 is 5.97 Å². The molecule has 5 heterocycles. The highest BCUT2D eigenvalue weighted by atomic mass is 16.5. The fourth-order valence-electron chi connectivity index (χ4n) is 5.39. The number of esters is 1. The molecule has 0 atom stereocenters. The van der Waals surface area contributed by atoms with Gasteiger partial charge in [-0.2, -0.15) is 0 Å². The summed E-state index contributed by atoms with van der Waals surface area (Å²) < 4.78 is 27.5. The second kappa shape index (κ2) is 14.6. The predicted molar refractivity (Wildman–Crippen MR) is 172 cm³/mol. The average Bonchev–Trinajstić information content (AvgIpc) is 3.79. The van der Waals surface area contributed by atoms with E-state index >= 15 is 0 Å². The van der Waals surface area contributed by atoms with Gasteiger partial charge in [0.15, 0.2) is 5.75 Å². The van der Waals surface area contributed by atoms with Gasteiger partial charge in [-0.25, -0.2) is 9.97 Å². The number of aromatic amines is 2. The van der Waals surface area contributed by atoms with Gasteiger partial charge < -0.3 is 33.7 Å². The maximum Gasteiger partial charge on any atom is 0.308 e. The van der Waals surface area contributed by atoms with E-state index in [0.717, 1.165) is 62.3 Å². The van der Waals surface area contributed by atoms with Crippen molar-refractivity contribution in [2.75, 3.05) is 54.9 Å². The third-order valence-corrected chi connectivity index (χ3v) is 7.62. The fraction of sp³-hybridized carbons (Fsp3) is 0.382. The van der Waals surface area contributed by atoms with Crippen LogP contribution in [0.5, 0.6) is 5.75 Å². The van der Waals surface area contributed by atoms with Crippen LogP contribution in [0.25, 0.3) is 45.4 Å². The Bertz CT molecular complexity index is 1730. The summed E-state index contributed by atoms with van der Waals surface area (Å²) in [5.41, 5.74) is 10.6. The Kier molecular flexibility index (Phi) is 10.4. The summed E-state index contributed by atoms with van der Waals surface area (Å²) >= 11 is 0. The molecule has 0 aliphatic carbocycles. The molecule has 2 aliphatic heterocycles. The van der Waals surface area contributed by atoms with Gasteiger partial charge in [-0.1, -0.05) is 0 Å². The number of carbonyl (C=O) groups is 1. The number of nitrogens with zero attached hydrogens (tertiary/aromatic N) is 2. The molecule has 232 valence electrons. The van der Waals surface area contributed by atoms with Crippen molar-refractivity contribution in [2.45, 2.75) is 32.6 Å². The normalized spacial score (nSPS) is 12.8. The Labute approximate surface area is 257 Å². The summed E-state index contributed by atoms with van der Waals surface area (Å²) in [5, 5.41) is 0. The van der Waals surface area contributed by atoms with Gasteiger partial charge in [-0.05, 0) is 84.4 Å². The molecular formula is C34H40N4O6. The lowest BCUT2D eigenvalue weighted by atomic mass is 10.1. The highest BCUT2D eigenvalue weighted by Gasteiger charge is 2.18. The van der Waals surface area contributed by atoms with Crippen LogP contribution in [0.1, 0.15) is 53.7 Å². The summed E-state index contributed by atoms with van der Waals surface area (Å²) in [4.78, 5) is 29.5. The summed E-state index contributed by atoms with van der Waals surface area (Å²) in [5.74, 6) is -0.0493. The number of methoxy groups -OCH3 is 4. The first-order chi connectivity index (χ1) is 21.4. The molecule has 0 fully saturated rings. The van der Waals surface area contributed by atoms with Crippen LogP contribution >= 0.6 is 0 Å². The Hall–Kier alpha value is -4.09. The van der Waals surface area contributed by atoms with Gasteiger partial charge in [0.1, 0.15) is 0 Å². The molecular weight excluding hydrogens is 560 g/mol. The number of rotatable bonds is 13. The van der Waals surface area contributed by atoms with Crippen molar-refractivity contribution in [3.63, 3.8) is 0 Å². The third kappa shape index (κ3) is 7.16. The van der Waals surface area contributed by atoms with E-state index in [-0.39, 0.29) is 0 Å². The molecule has 0 saturated carbocycles. The van der Waals surface area contributed by atoms with E-state index in [1.165, 1.54) is 6.92 Å². The van der Waals surface area contributed by atoms with Crippen molar-refractivity contribution < 1.29 is 28.5 Å². The van der Waals surface area contributed by atoms with Crippen molar-refractivity contribution >= 4 is 51.3 Å². The Morgan fingerprint density at radius 2 is 1.20 bits per heavy atom. The molecule has 0 amide bonds. The maximum atomic E-state index is 12.4. The minimum absolute atomic E-state index is 0.379. The molecule has 0 aromatic carbocycles. The van der Waals surface area contributed by atoms with Crippen LogP contribution in [0.3, 0.4) is 0 Å². The van der Waals surface area contributed by atoms with Crippen molar-refractivity contribution in [3.8, 4) is 5.75 Å². The number of hydrogen-bond donors (Lipinski definition) is 2. The van der Waals surface area contributed by atoms with Crippen molar-refractivity contribution in [3.05, 3.63) is 64.2 Å². The zero-order chi connectivity index (χ0) is 31.1. The second-order valence-corrected chi connectivity index (χ2v) is 10.7. The lowest BCUT2D eigenvalue weighted by molar-refractivity contribution is -0.131. The monoisotopic (exact) mass is 600 g/mol. The highest BCUT2D eigenvalue weighted by molar-refractivity contribution is 5.91. The largest absolute Gasteiger partial charge is 0.424 e. The Morgan fingerprint density at radius 1 is 0.659 bits per heavy atom. The Balaban J connectivity index is 1.87. The topological polar surface area (TPSA) is 121 Å². The van der Waals surface area contributed by atoms with Gasteiger partial charge in [0, 0.05) is 46.9 Å². The maximum absolute atomic E-state index is 12.4. The molecule has 3 aromatic rings. The van der Waals surface area contributed by atoms with Crippen LogP contribution in [0.2, 0.25) is 0 Å². The molecule has 0 spiro atoms. The lowest BCUT2D eigenvalue weighted by Crippen LogP contribution is -2.03. The van der Waals surface area contributed by atoms with Gasteiger partial charge in [-0.3, -0.25) is 4.79 Å². The van der Waals surface area contributed by atoms with Crippen LogP contribution in [0.15, 0.2) is 30.3 Å². The van der Waals surface area contributed by atoms with Gasteiger partial charge in [0.2, 0.25) is 0 Å². The predicted octanol–water partition coefficient (Wildman–Crippen LogP) is 5.77. The molecule has 44 heavy (non-hydrogen) atoms. The van der Waals surface area contributed by atoms with E-state index in [0.29, 0.717) is 62.7 Å². The van der Waals surface area contributed by atoms with E-state index in [1.54, 1.807) is 28.4 Å². The molecule has 0 saturated heterocycles. The van der Waals surface area contributed by atoms with Crippen molar-refractivity contribution in [2.24, 2.45) is 0 Å². The molecule has 10 heteroatoms. The number of aromatic nitrogens is 4. The van der Waals surface area contributed by atoms with Gasteiger partial charge in [0.25, 0.3) is 0 Å². The fourth-order valence-corrected chi connectivity index (χ4v) is 5.39. The molecule has 2 N–H and O–H groups in total. The van der Waals surface area contributed by atoms with Crippen LogP contribution in [-0.4, -0.2) is 80.8 Å². The van der Waals surface area contributed by atoms with Gasteiger partial charge in [-0.15, -0.1) is 0 Å². The summed E-state index contributed by atoms with van der Waals surface area (Å²) in [6, 6.07) is 10.1. The molecule has 2 aliphatic rings. The number of ether oxygens (including phenoxy) is 5. The van der Waals surface area contributed by atoms with Crippen LogP contribution in [0.4, 0.5) is 0 Å². The smallest absolute Gasteiger partial charge is 0.308 e. The third-order valence-electron chi connectivity index (χ3n) is 7.62. The zero-order valence-electron chi connectivity index (χ0n) is 26.0. The number of carbonyl (C=O) groups excluding carboxylic acids is 1. The van der Waals surface area contributed by atoms with Crippen LogP contribution in [0, 0.1) is 0 Å². The van der Waals surface area contributed by atoms with Crippen molar-refractivity contribution in [1.29, 1.82) is 0 Å². The van der Waals surface area contributed by atoms with E-state index in [9.17, 15) is 4.79 Å². The summed E-state index contributed by atoms with van der Waals surface area (Å²) in [6.45, 7) is 3.58. The number of fused-ring (bicyclic) bond motifs is 10. The minimum Gasteiger partial charge on any atom is -0.424 e. The van der Waals surface area contributed by atoms with E-state index in [2.05, 4.69) is 40.3 Å². The first-order valence-corrected chi connectivity index (χ1v) is 14.8. The summed E-state index contributed by atoms with van der Waals surface area (Å²) in [6.07, 6.45) is 6.84. The summed E-state index contributed by atoms with van der Waals surface area (Å²) in [7, 11) is 6.74. The molecule has 0 radical (unpaired) electrons. The van der Waals surface area contributed by atoms with E-state index in [1.807, 2.05) is 12.1 Å². The lowest BCUT2D eigenvalue weighted by Gasteiger charge is -2.05. The van der Waals surface area contributed by atoms with Crippen molar-refractivity contribution in [1.82, 2.24) is 19.9 Å². The molecule has 8 bridgehead atoms. The molecule has 3 aromatic heterocycles. The first-order valence-electron chi connectivity index (χ1n) is 14.8. The number of nitrogens with one attached hydrogen (secondary N) is 2. The Morgan fingerprint density at radius 3 is 1.84 bits per heavy atom. The first kappa shape index (κ1) is 31.3. The van der Waals surface area contributed by atoms with Crippen LogP contribution in [-0.2, 0) is 36.6 Å². The quantitative estimate of drug-likeness (QED) is 0.237. The SMILES string of the molecule is COCCC1=Cc2nc1cc(OC(C)=O)c1[nH]c(cc1CCOC)c1nc(ccc3[nH]c2cc3CCOC)C(CCOC)=C1. The average molecular weight is 601 g/mol. The standard InChI is InChI=1S/C34H40N4O6/c1-21(39)44-33-20-28-24(10-14-42-4)18-30(37-28)29-16-22(8-12-40-2)26(35-29)6-7-27-23(9-13-41-3)17-31(36-27)32-19-25(11-15-43-5)34(33)38-32/h6-7,16-20,35,38H,8-15H2,1-5H3. The molecule has 5 rings (SSSR count). The minimum atomic E-state index is -0.428. The zero-order valence-corrected chi connectivity index (χ0v) is 26.0. The highest BCUT2D eigenvalue weighted by Crippen LogP contribution is 2.33. The number of hydrogen-bond acceptors (Lipinski definition) is 8.